The highest BCUT2D eigenvalue weighted by atomic mass is 15.1. The minimum absolute atomic E-state index is 0.116. The molecule has 9 aromatic carbocycles. The summed E-state index contributed by atoms with van der Waals surface area (Å²) in [5.74, 6) is 0. The Morgan fingerprint density at radius 1 is 0.386 bits per heavy atom. The second-order valence-electron chi connectivity index (χ2n) is 15.7. The number of benzene rings is 9. The Kier molecular flexibility index (Phi) is 7.55. The standard InChI is InChI=1S/C55H40N2/c1-55(2)50-24-11-8-20-45(50)46-33-32-42(36-51(46)55)56(52-25-12-9-21-47(52)44-23-14-16-38-15-6-7-19-43(38)44)41-30-27-37(28-31-41)39-29-34-54-49(35-39)48-22-10-13-26-53(48)57(54)40-17-4-3-5-18-40/h3-36H,1-2H3. The van der Waals surface area contributed by atoms with E-state index < -0.39 is 0 Å². The number of anilines is 3. The van der Waals surface area contributed by atoms with Crippen LogP contribution in [0.25, 0.3) is 71.6 Å². The average molecular weight is 729 g/mol. The van der Waals surface area contributed by atoms with Crippen molar-refractivity contribution < 1.29 is 0 Å². The molecule has 2 nitrogen and oxygen atoms in total. The molecule has 0 bridgehead atoms. The van der Waals surface area contributed by atoms with E-state index in [1.807, 2.05) is 0 Å². The molecule has 0 radical (unpaired) electrons. The fraction of sp³-hybridized carbons (Fsp3) is 0.0545. The van der Waals surface area contributed by atoms with Crippen LogP contribution in [0.4, 0.5) is 17.1 Å². The number of aromatic nitrogens is 1. The predicted molar refractivity (Wildman–Crippen MR) is 241 cm³/mol. The van der Waals surface area contributed by atoms with Crippen molar-refractivity contribution in [3.63, 3.8) is 0 Å². The highest BCUT2D eigenvalue weighted by molar-refractivity contribution is 6.10. The highest BCUT2D eigenvalue weighted by Crippen LogP contribution is 2.51. The van der Waals surface area contributed by atoms with Crippen LogP contribution in [0.2, 0.25) is 0 Å². The fourth-order valence-electron chi connectivity index (χ4n) is 9.43. The van der Waals surface area contributed by atoms with Gasteiger partial charge in [-0.05, 0) is 110 Å². The summed E-state index contributed by atoms with van der Waals surface area (Å²) in [6.07, 6.45) is 0. The average Bonchev–Trinajstić information content (AvgIpc) is 3.72. The van der Waals surface area contributed by atoms with Gasteiger partial charge in [-0.1, -0.05) is 159 Å². The molecule has 1 aliphatic carbocycles. The maximum absolute atomic E-state index is 2.46. The zero-order valence-corrected chi connectivity index (χ0v) is 32.0. The van der Waals surface area contributed by atoms with Gasteiger partial charge in [0.1, 0.15) is 0 Å². The summed E-state index contributed by atoms with van der Waals surface area (Å²) >= 11 is 0. The van der Waals surface area contributed by atoms with Gasteiger partial charge >= 0.3 is 0 Å². The molecule has 1 heterocycles. The second kappa shape index (κ2) is 13.0. The molecular formula is C55H40N2. The van der Waals surface area contributed by atoms with Crippen LogP contribution in [0.5, 0.6) is 0 Å². The first-order valence-electron chi connectivity index (χ1n) is 19.9. The van der Waals surface area contributed by atoms with Crippen molar-refractivity contribution >= 4 is 49.6 Å². The number of hydrogen-bond acceptors (Lipinski definition) is 1. The Bertz CT molecular complexity index is 3140. The molecule has 1 aliphatic rings. The summed E-state index contributed by atoms with van der Waals surface area (Å²) in [6, 6.07) is 75.6. The number of rotatable bonds is 6. The topological polar surface area (TPSA) is 8.17 Å². The van der Waals surface area contributed by atoms with Gasteiger partial charge < -0.3 is 9.47 Å². The van der Waals surface area contributed by atoms with Crippen LogP contribution in [0.15, 0.2) is 206 Å². The van der Waals surface area contributed by atoms with E-state index in [1.165, 1.54) is 82.8 Å². The zero-order chi connectivity index (χ0) is 38.1. The molecular weight excluding hydrogens is 689 g/mol. The lowest BCUT2D eigenvalue weighted by molar-refractivity contribution is 0.660. The second-order valence-corrected chi connectivity index (χ2v) is 15.7. The Labute approximate surface area is 333 Å². The molecule has 0 amide bonds. The van der Waals surface area contributed by atoms with Crippen molar-refractivity contribution in [2.24, 2.45) is 0 Å². The zero-order valence-electron chi connectivity index (χ0n) is 32.0. The van der Waals surface area contributed by atoms with Crippen molar-refractivity contribution in [3.05, 3.63) is 217 Å². The van der Waals surface area contributed by atoms with Crippen LogP contribution in [0, 0.1) is 0 Å². The van der Waals surface area contributed by atoms with E-state index in [2.05, 4.69) is 230 Å². The summed E-state index contributed by atoms with van der Waals surface area (Å²) in [7, 11) is 0. The van der Waals surface area contributed by atoms with E-state index in [1.54, 1.807) is 0 Å². The quantitative estimate of drug-likeness (QED) is 0.165. The van der Waals surface area contributed by atoms with Gasteiger partial charge in [0.15, 0.2) is 0 Å². The minimum atomic E-state index is -0.116. The first kappa shape index (κ1) is 33.2. The van der Waals surface area contributed by atoms with E-state index in [-0.39, 0.29) is 5.41 Å². The molecule has 11 rings (SSSR count). The lowest BCUT2D eigenvalue weighted by Crippen LogP contribution is -2.16. The summed E-state index contributed by atoms with van der Waals surface area (Å²) in [5, 5.41) is 5.00. The molecule has 2 heteroatoms. The van der Waals surface area contributed by atoms with E-state index in [0.29, 0.717) is 0 Å². The summed E-state index contributed by atoms with van der Waals surface area (Å²) in [6.45, 7) is 4.72. The van der Waals surface area contributed by atoms with Crippen LogP contribution < -0.4 is 4.90 Å². The van der Waals surface area contributed by atoms with Crippen molar-refractivity contribution in [1.29, 1.82) is 0 Å². The first-order valence-corrected chi connectivity index (χ1v) is 19.9. The van der Waals surface area contributed by atoms with Crippen molar-refractivity contribution in [1.82, 2.24) is 4.57 Å². The van der Waals surface area contributed by atoms with Crippen LogP contribution in [-0.4, -0.2) is 4.57 Å². The van der Waals surface area contributed by atoms with Crippen LogP contribution in [0.3, 0.4) is 0 Å². The van der Waals surface area contributed by atoms with Crippen LogP contribution in [-0.2, 0) is 5.41 Å². The van der Waals surface area contributed by atoms with Gasteiger partial charge in [-0.2, -0.15) is 0 Å². The van der Waals surface area contributed by atoms with Gasteiger partial charge in [-0.25, -0.2) is 0 Å². The lowest BCUT2D eigenvalue weighted by atomic mass is 9.82. The third-order valence-electron chi connectivity index (χ3n) is 12.2. The van der Waals surface area contributed by atoms with E-state index >= 15 is 0 Å². The van der Waals surface area contributed by atoms with Gasteiger partial charge in [-0.3, -0.25) is 0 Å². The van der Waals surface area contributed by atoms with Gasteiger partial charge in [0.2, 0.25) is 0 Å². The number of nitrogens with zero attached hydrogens (tertiary/aromatic N) is 2. The van der Waals surface area contributed by atoms with Crippen molar-refractivity contribution in [2.75, 3.05) is 4.90 Å². The predicted octanol–water partition coefficient (Wildman–Crippen LogP) is 15.0. The Balaban J connectivity index is 1.07. The molecule has 270 valence electrons. The summed E-state index contributed by atoms with van der Waals surface area (Å²) in [5.41, 5.74) is 17.1. The van der Waals surface area contributed by atoms with Crippen molar-refractivity contribution in [2.45, 2.75) is 19.3 Å². The van der Waals surface area contributed by atoms with Crippen LogP contribution >= 0.6 is 0 Å². The molecule has 0 fully saturated rings. The summed E-state index contributed by atoms with van der Waals surface area (Å²) < 4.78 is 2.37. The van der Waals surface area contributed by atoms with E-state index in [9.17, 15) is 0 Å². The molecule has 0 atom stereocenters. The number of fused-ring (bicyclic) bond motifs is 7. The number of para-hydroxylation sites is 3. The Morgan fingerprint density at radius 3 is 1.86 bits per heavy atom. The SMILES string of the molecule is CC1(C)c2ccccc2-c2ccc(N(c3ccc(-c4ccc5c(c4)c4ccccc4n5-c4ccccc4)cc3)c3ccccc3-c3cccc4ccccc34)cc21. The third kappa shape index (κ3) is 5.25. The number of hydrogen-bond donors (Lipinski definition) is 0. The van der Waals surface area contributed by atoms with Gasteiger partial charge in [0.25, 0.3) is 0 Å². The molecule has 0 saturated carbocycles. The molecule has 0 aliphatic heterocycles. The molecule has 1 aromatic heterocycles. The first-order chi connectivity index (χ1) is 28.0. The van der Waals surface area contributed by atoms with Gasteiger partial charge in [-0.15, -0.1) is 0 Å². The van der Waals surface area contributed by atoms with Gasteiger partial charge in [0.05, 0.1) is 16.7 Å². The molecule has 0 spiro atoms. The highest BCUT2D eigenvalue weighted by Gasteiger charge is 2.36. The Morgan fingerprint density at radius 2 is 1.00 bits per heavy atom. The van der Waals surface area contributed by atoms with Crippen molar-refractivity contribution in [3.8, 4) is 39.1 Å². The molecule has 0 saturated heterocycles. The fourth-order valence-corrected chi connectivity index (χ4v) is 9.43. The van der Waals surface area contributed by atoms with E-state index in [4.69, 9.17) is 0 Å². The smallest absolute Gasteiger partial charge is 0.0541 e. The monoisotopic (exact) mass is 728 g/mol. The minimum Gasteiger partial charge on any atom is -0.310 e. The largest absolute Gasteiger partial charge is 0.310 e. The van der Waals surface area contributed by atoms with E-state index in [0.717, 1.165) is 17.1 Å². The lowest BCUT2D eigenvalue weighted by Gasteiger charge is -2.30. The van der Waals surface area contributed by atoms with Crippen LogP contribution in [0.1, 0.15) is 25.0 Å². The molecule has 0 N–H and O–H groups in total. The third-order valence-corrected chi connectivity index (χ3v) is 12.2. The maximum atomic E-state index is 2.46. The molecule has 10 aromatic rings. The molecule has 0 unspecified atom stereocenters. The summed E-state index contributed by atoms with van der Waals surface area (Å²) in [4.78, 5) is 2.46. The molecule has 57 heavy (non-hydrogen) atoms. The maximum Gasteiger partial charge on any atom is 0.0541 e. The normalized spacial score (nSPS) is 12.9. The Hall–Kier alpha value is -7.16. The van der Waals surface area contributed by atoms with Gasteiger partial charge in [0, 0.05) is 38.8 Å².